The van der Waals surface area contributed by atoms with Crippen molar-refractivity contribution in [3.63, 3.8) is 0 Å². The smallest absolute Gasteiger partial charge is 0.246 e. The summed E-state index contributed by atoms with van der Waals surface area (Å²) in [7, 11) is 0. The molecule has 28 heavy (non-hydrogen) atoms. The molecule has 1 aromatic carbocycles. The zero-order valence-electron chi connectivity index (χ0n) is 15.3. The van der Waals surface area contributed by atoms with Gasteiger partial charge in [-0.15, -0.1) is 0 Å². The second-order valence-corrected chi connectivity index (χ2v) is 7.28. The molecule has 0 bridgehead atoms. The van der Waals surface area contributed by atoms with Crippen LogP contribution in [0.25, 0.3) is 11.4 Å². The summed E-state index contributed by atoms with van der Waals surface area (Å²) in [4.78, 5) is 17.0. The Morgan fingerprint density at radius 3 is 2.68 bits per heavy atom. The minimum Gasteiger partial charge on any atom is -0.381 e. The van der Waals surface area contributed by atoms with Crippen LogP contribution in [0.15, 0.2) is 53.3 Å². The first-order valence-electron chi connectivity index (χ1n) is 9.22. The summed E-state index contributed by atoms with van der Waals surface area (Å²) in [5, 5.41) is 7.39. The van der Waals surface area contributed by atoms with E-state index in [4.69, 9.17) is 20.9 Å². The molecule has 8 heteroatoms. The van der Waals surface area contributed by atoms with Gasteiger partial charge in [-0.1, -0.05) is 28.9 Å². The quantitative estimate of drug-likeness (QED) is 0.685. The summed E-state index contributed by atoms with van der Waals surface area (Å²) >= 11 is 6.16. The van der Waals surface area contributed by atoms with E-state index in [2.05, 4.69) is 20.0 Å². The molecule has 7 nitrogen and oxygen atoms in total. The van der Waals surface area contributed by atoms with Gasteiger partial charge in [0.05, 0.1) is 23.5 Å². The SMILES string of the molecule is O=C(CC1(n2cccc2)CCOCC1)NCc1nc(-c2ccccc2Cl)no1. The van der Waals surface area contributed by atoms with Gasteiger partial charge in [-0.2, -0.15) is 4.98 Å². The molecule has 1 aliphatic heterocycles. The molecule has 0 spiro atoms. The van der Waals surface area contributed by atoms with E-state index in [0.29, 0.717) is 41.9 Å². The molecule has 0 radical (unpaired) electrons. The predicted molar refractivity (Wildman–Crippen MR) is 104 cm³/mol. The summed E-state index contributed by atoms with van der Waals surface area (Å²) in [5.74, 6) is 0.682. The molecule has 0 unspecified atom stereocenters. The van der Waals surface area contributed by atoms with Crippen molar-refractivity contribution in [1.29, 1.82) is 0 Å². The van der Waals surface area contributed by atoms with E-state index in [-0.39, 0.29) is 18.0 Å². The van der Waals surface area contributed by atoms with Crippen LogP contribution in [0, 0.1) is 0 Å². The van der Waals surface area contributed by atoms with Crippen LogP contribution in [0.5, 0.6) is 0 Å². The number of aromatic nitrogens is 3. The van der Waals surface area contributed by atoms with Crippen LogP contribution in [-0.4, -0.2) is 33.8 Å². The van der Waals surface area contributed by atoms with Gasteiger partial charge in [0.1, 0.15) is 0 Å². The van der Waals surface area contributed by atoms with Gasteiger partial charge < -0.3 is 19.1 Å². The van der Waals surface area contributed by atoms with Crippen LogP contribution in [0.3, 0.4) is 0 Å². The second-order valence-electron chi connectivity index (χ2n) is 6.87. The van der Waals surface area contributed by atoms with E-state index in [1.165, 1.54) is 0 Å². The first kappa shape index (κ1) is 18.7. The number of carbonyl (C=O) groups excluding carboxylic acids is 1. The highest BCUT2D eigenvalue weighted by atomic mass is 35.5. The summed E-state index contributed by atoms with van der Waals surface area (Å²) in [5.41, 5.74) is 0.433. The molecule has 0 atom stereocenters. The van der Waals surface area contributed by atoms with Crippen LogP contribution in [0.1, 0.15) is 25.2 Å². The minimum atomic E-state index is -0.261. The minimum absolute atomic E-state index is 0.0620. The highest BCUT2D eigenvalue weighted by Crippen LogP contribution is 2.33. The second kappa shape index (κ2) is 8.16. The lowest BCUT2D eigenvalue weighted by atomic mass is 9.86. The summed E-state index contributed by atoms with van der Waals surface area (Å²) in [6.07, 6.45) is 5.98. The van der Waals surface area contributed by atoms with Gasteiger partial charge in [0.25, 0.3) is 0 Å². The fourth-order valence-electron chi connectivity index (χ4n) is 3.54. The van der Waals surface area contributed by atoms with Crippen LogP contribution >= 0.6 is 11.6 Å². The zero-order chi connectivity index (χ0) is 19.4. The van der Waals surface area contributed by atoms with Crippen molar-refractivity contribution in [3.8, 4) is 11.4 Å². The zero-order valence-corrected chi connectivity index (χ0v) is 16.1. The molecule has 1 fully saturated rings. The molecule has 1 saturated heterocycles. The number of benzene rings is 1. The van der Waals surface area contributed by atoms with E-state index in [9.17, 15) is 4.79 Å². The summed E-state index contributed by atoms with van der Waals surface area (Å²) in [6, 6.07) is 11.2. The molecular weight excluding hydrogens is 380 g/mol. The fourth-order valence-corrected chi connectivity index (χ4v) is 3.76. The average molecular weight is 401 g/mol. The molecule has 1 amide bonds. The van der Waals surface area contributed by atoms with Crippen LogP contribution in [-0.2, 0) is 21.6 Å². The van der Waals surface area contributed by atoms with Crippen molar-refractivity contribution in [2.75, 3.05) is 13.2 Å². The molecule has 146 valence electrons. The Morgan fingerprint density at radius 2 is 1.93 bits per heavy atom. The lowest BCUT2D eigenvalue weighted by Crippen LogP contribution is -2.43. The van der Waals surface area contributed by atoms with Crippen molar-refractivity contribution in [2.24, 2.45) is 0 Å². The topological polar surface area (TPSA) is 82.2 Å². The maximum Gasteiger partial charge on any atom is 0.246 e. The monoisotopic (exact) mass is 400 g/mol. The van der Waals surface area contributed by atoms with Crippen molar-refractivity contribution in [1.82, 2.24) is 20.0 Å². The number of ether oxygens (including phenoxy) is 1. The standard InChI is InChI=1S/C20H21ClN4O3/c21-16-6-2-1-5-15(16)19-23-18(28-24-19)14-22-17(26)13-20(7-11-27-12-8-20)25-9-3-4-10-25/h1-6,9-10H,7-8,11-14H2,(H,22,26). The van der Waals surface area contributed by atoms with Gasteiger partial charge in [-0.05, 0) is 37.1 Å². The van der Waals surface area contributed by atoms with E-state index in [0.717, 1.165) is 12.8 Å². The highest BCUT2D eigenvalue weighted by Gasteiger charge is 2.36. The third kappa shape index (κ3) is 3.95. The van der Waals surface area contributed by atoms with E-state index >= 15 is 0 Å². The third-order valence-corrected chi connectivity index (χ3v) is 5.41. The number of nitrogens with one attached hydrogen (secondary N) is 1. The molecular formula is C20H21ClN4O3. The molecule has 2 aromatic heterocycles. The lowest BCUT2D eigenvalue weighted by molar-refractivity contribution is -0.125. The summed E-state index contributed by atoms with van der Waals surface area (Å²) < 4.78 is 12.9. The highest BCUT2D eigenvalue weighted by molar-refractivity contribution is 6.33. The predicted octanol–water partition coefficient (Wildman–Crippen LogP) is 3.40. The average Bonchev–Trinajstić information content (AvgIpc) is 3.40. The molecule has 3 heterocycles. The first-order valence-corrected chi connectivity index (χ1v) is 9.59. The number of carbonyl (C=O) groups is 1. The Kier molecular flexibility index (Phi) is 5.45. The Bertz CT molecular complexity index is 933. The molecule has 1 N–H and O–H groups in total. The molecule has 0 saturated carbocycles. The lowest BCUT2D eigenvalue weighted by Gasteiger charge is -2.38. The Morgan fingerprint density at radius 1 is 1.18 bits per heavy atom. The fraction of sp³-hybridized carbons (Fsp3) is 0.350. The number of amides is 1. The number of nitrogens with zero attached hydrogens (tertiary/aromatic N) is 3. The number of rotatable bonds is 6. The van der Waals surface area contributed by atoms with Crippen molar-refractivity contribution >= 4 is 17.5 Å². The van der Waals surface area contributed by atoms with E-state index < -0.39 is 0 Å². The largest absolute Gasteiger partial charge is 0.381 e. The van der Waals surface area contributed by atoms with Crippen LogP contribution < -0.4 is 5.32 Å². The van der Waals surface area contributed by atoms with Crippen LogP contribution in [0.4, 0.5) is 0 Å². The van der Waals surface area contributed by atoms with Gasteiger partial charge in [-0.25, -0.2) is 0 Å². The third-order valence-electron chi connectivity index (χ3n) is 5.08. The maximum atomic E-state index is 12.6. The number of halogens is 1. The van der Waals surface area contributed by atoms with E-state index in [1.54, 1.807) is 6.07 Å². The molecule has 1 aliphatic rings. The van der Waals surface area contributed by atoms with Gasteiger partial charge in [0.15, 0.2) is 0 Å². The number of hydrogen-bond acceptors (Lipinski definition) is 5. The molecule has 0 aliphatic carbocycles. The van der Waals surface area contributed by atoms with Gasteiger partial charge >= 0.3 is 0 Å². The van der Waals surface area contributed by atoms with Gasteiger partial charge in [-0.3, -0.25) is 4.79 Å². The maximum absolute atomic E-state index is 12.6. The van der Waals surface area contributed by atoms with Crippen LogP contribution in [0.2, 0.25) is 5.02 Å². The normalized spacial score (nSPS) is 16.0. The summed E-state index contributed by atoms with van der Waals surface area (Å²) in [6.45, 7) is 1.47. The first-order chi connectivity index (χ1) is 13.7. The van der Waals surface area contributed by atoms with Crippen molar-refractivity contribution in [3.05, 3.63) is 59.7 Å². The van der Waals surface area contributed by atoms with E-state index in [1.807, 2.05) is 42.7 Å². The Balaban J connectivity index is 1.40. The number of hydrogen-bond donors (Lipinski definition) is 1. The van der Waals surface area contributed by atoms with Gasteiger partial charge in [0.2, 0.25) is 17.6 Å². The van der Waals surface area contributed by atoms with Crippen molar-refractivity contribution < 1.29 is 14.1 Å². The van der Waals surface area contributed by atoms with Gasteiger partial charge in [0, 0.05) is 31.2 Å². The Hall–Kier alpha value is -2.64. The molecule has 4 rings (SSSR count). The Labute approximate surface area is 167 Å². The molecule has 3 aromatic rings. The van der Waals surface area contributed by atoms with Crippen molar-refractivity contribution in [2.45, 2.75) is 31.3 Å².